The monoisotopic (exact) mass is 625 g/mol. The zero-order chi connectivity index (χ0) is 33.1. The van der Waals surface area contributed by atoms with Crippen molar-refractivity contribution >= 4 is 17.9 Å². The molecule has 0 heterocycles. The zero-order valence-corrected chi connectivity index (χ0v) is 29.1. The minimum Gasteiger partial charge on any atom is -0.481 e. The number of aliphatic carboxylic acids is 3. The highest BCUT2D eigenvalue weighted by Crippen LogP contribution is 2.22. The lowest BCUT2D eigenvalue weighted by Gasteiger charge is -2.40. The minimum atomic E-state index is -0.822. The Kier molecular flexibility index (Phi) is 26.2. The molecule has 0 radical (unpaired) electrons. The van der Waals surface area contributed by atoms with Gasteiger partial charge < -0.3 is 19.8 Å². The molecule has 7 nitrogen and oxygen atoms in total. The van der Waals surface area contributed by atoms with E-state index in [1.165, 1.54) is 103 Å². The number of carboxylic acids is 3. The van der Waals surface area contributed by atoms with Crippen molar-refractivity contribution in [2.24, 2.45) is 17.8 Å². The van der Waals surface area contributed by atoms with Gasteiger partial charge >= 0.3 is 17.9 Å². The van der Waals surface area contributed by atoms with Gasteiger partial charge in [-0.2, -0.15) is 0 Å². The van der Waals surface area contributed by atoms with E-state index < -0.39 is 35.7 Å². The Labute approximate surface area is 270 Å². The number of quaternary nitrogens is 1. The van der Waals surface area contributed by atoms with E-state index in [4.69, 9.17) is 0 Å². The van der Waals surface area contributed by atoms with Crippen molar-refractivity contribution in [1.29, 1.82) is 0 Å². The summed E-state index contributed by atoms with van der Waals surface area (Å²) in [5, 5.41) is 28.3. The van der Waals surface area contributed by atoms with Crippen LogP contribution in [0.3, 0.4) is 0 Å². The van der Waals surface area contributed by atoms with Gasteiger partial charge in [0.2, 0.25) is 0 Å². The highest BCUT2D eigenvalue weighted by atomic mass is 16.4. The summed E-state index contributed by atoms with van der Waals surface area (Å²) in [6.07, 6.45) is 29.2. The normalized spacial score (nSPS) is 15.2. The summed E-state index contributed by atoms with van der Waals surface area (Å²) in [6, 6.07) is 0. The Morgan fingerprint density at radius 2 is 0.773 bits per heavy atom. The number of rotatable bonds is 32. The van der Waals surface area contributed by atoms with Crippen molar-refractivity contribution in [2.45, 2.75) is 163 Å². The Morgan fingerprint density at radius 1 is 0.477 bits per heavy atom. The van der Waals surface area contributed by atoms with E-state index in [0.29, 0.717) is 43.4 Å². The molecule has 0 spiro atoms. The molecule has 3 N–H and O–H groups in total. The third-order valence-corrected chi connectivity index (χ3v) is 9.52. The number of nitrogens with zero attached hydrogens (tertiary/aromatic N) is 1. The first kappa shape index (κ1) is 42.1. The summed E-state index contributed by atoms with van der Waals surface area (Å²) in [5.74, 6) is -3.90. The molecule has 3 unspecified atom stereocenters. The third kappa shape index (κ3) is 23.5. The van der Waals surface area contributed by atoms with Crippen LogP contribution in [0.2, 0.25) is 0 Å². The van der Waals surface area contributed by atoms with Crippen LogP contribution in [0.25, 0.3) is 0 Å². The lowest BCUT2D eigenvalue weighted by Crippen LogP contribution is -2.52. The quantitative estimate of drug-likeness (QED) is 0.0390. The average molecular weight is 625 g/mol. The molecule has 0 aromatic heterocycles. The van der Waals surface area contributed by atoms with Crippen molar-refractivity contribution in [2.75, 3.05) is 26.2 Å². The molecule has 0 aliphatic heterocycles. The van der Waals surface area contributed by atoms with Gasteiger partial charge in [-0.15, -0.1) is 0 Å². The van der Waals surface area contributed by atoms with Gasteiger partial charge in [0.1, 0.15) is 0 Å². The number of unbranched alkanes of at least 4 members (excludes halogenated alkanes) is 16. The molecule has 0 saturated carbocycles. The maximum atomic E-state index is 11.5. The molecule has 0 aromatic rings. The molecular weight excluding hydrogens is 554 g/mol. The molecule has 0 saturated heterocycles. The van der Waals surface area contributed by atoms with Crippen LogP contribution in [0.1, 0.15) is 163 Å². The number of allylic oxidation sites excluding steroid dienone is 2. The maximum absolute atomic E-state index is 11.5. The van der Waals surface area contributed by atoms with Gasteiger partial charge in [-0.05, 0) is 38.5 Å². The lowest BCUT2D eigenvalue weighted by atomic mass is 10.0. The molecule has 3 atom stereocenters. The Morgan fingerprint density at radius 3 is 1.09 bits per heavy atom. The van der Waals surface area contributed by atoms with E-state index in [0.717, 1.165) is 19.4 Å². The summed E-state index contributed by atoms with van der Waals surface area (Å²) in [7, 11) is 0. The number of hydrogen-bond donors (Lipinski definition) is 3. The fourth-order valence-corrected chi connectivity index (χ4v) is 5.85. The van der Waals surface area contributed by atoms with Gasteiger partial charge in [-0.1, -0.05) is 117 Å². The Bertz CT molecular complexity index is 707. The minimum absolute atomic E-state index is 0.478. The van der Waals surface area contributed by atoms with E-state index in [2.05, 4.69) is 19.1 Å². The molecule has 0 aromatic carbocycles. The third-order valence-electron chi connectivity index (χ3n) is 9.52. The van der Waals surface area contributed by atoms with Crippen molar-refractivity contribution in [3.05, 3.63) is 12.2 Å². The van der Waals surface area contributed by atoms with Crippen LogP contribution in [-0.4, -0.2) is 63.9 Å². The summed E-state index contributed by atoms with van der Waals surface area (Å²) in [5.41, 5.74) is 0. The predicted molar refractivity (Wildman–Crippen MR) is 182 cm³/mol. The molecular formula is C37H70NO6+. The molecule has 0 aliphatic rings. The molecule has 0 amide bonds. The number of carbonyl (C=O) groups is 3. The van der Waals surface area contributed by atoms with Gasteiger partial charge in [0.05, 0.1) is 43.9 Å². The number of carboxylic acid groups (broad SMARTS) is 3. The summed E-state index contributed by atoms with van der Waals surface area (Å²) in [6.45, 7) is 10.2. The van der Waals surface area contributed by atoms with Gasteiger partial charge in [0, 0.05) is 19.3 Å². The first-order valence-electron chi connectivity index (χ1n) is 18.2. The smallest absolute Gasteiger partial charge is 0.306 e. The van der Waals surface area contributed by atoms with Gasteiger partial charge in [0.15, 0.2) is 0 Å². The topological polar surface area (TPSA) is 112 Å². The van der Waals surface area contributed by atoms with Crippen LogP contribution in [0, 0.1) is 17.8 Å². The highest BCUT2D eigenvalue weighted by molar-refractivity contribution is 5.70. The van der Waals surface area contributed by atoms with E-state index in [9.17, 15) is 29.7 Å². The first-order chi connectivity index (χ1) is 21.0. The van der Waals surface area contributed by atoms with Crippen LogP contribution in [0.15, 0.2) is 12.2 Å². The van der Waals surface area contributed by atoms with Crippen LogP contribution < -0.4 is 0 Å². The maximum Gasteiger partial charge on any atom is 0.306 e. The molecule has 0 bridgehead atoms. The van der Waals surface area contributed by atoms with Crippen molar-refractivity contribution in [3.63, 3.8) is 0 Å². The standard InChI is InChI=1S/C37H69NO6/c1-5-6-7-8-9-10-11-12-13-14-15-16-17-18-19-20-21-22-23-24-28-38(29-25-32(2)35(39)40,30-26-33(3)36(41)42)31-27-34(4)37(43)44/h10-11,32-34H,5-9,12-31H2,1-4H3,(H2-,39,40,41,42,43,44)/p+1/b11-10+. The van der Waals surface area contributed by atoms with Crippen LogP contribution in [0.5, 0.6) is 0 Å². The predicted octanol–water partition coefficient (Wildman–Crippen LogP) is 9.73. The molecule has 0 fully saturated rings. The van der Waals surface area contributed by atoms with Gasteiger partial charge in [0.25, 0.3) is 0 Å². The van der Waals surface area contributed by atoms with Gasteiger partial charge in [-0.25, -0.2) is 0 Å². The summed E-state index contributed by atoms with van der Waals surface area (Å²) < 4.78 is 0.613. The number of hydrogen-bond acceptors (Lipinski definition) is 3. The van der Waals surface area contributed by atoms with Crippen LogP contribution in [-0.2, 0) is 14.4 Å². The second-order valence-corrected chi connectivity index (χ2v) is 13.7. The Balaban J connectivity index is 4.39. The first-order valence-corrected chi connectivity index (χ1v) is 18.2. The van der Waals surface area contributed by atoms with E-state index in [-0.39, 0.29) is 0 Å². The highest BCUT2D eigenvalue weighted by Gasteiger charge is 2.31. The van der Waals surface area contributed by atoms with Gasteiger partial charge in [-0.3, -0.25) is 14.4 Å². The van der Waals surface area contributed by atoms with Crippen LogP contribution in [0.4, 0.5) is 0 Å². The Hall–Kier alpha value is -1.89. The summed E-state index contributed by atoms with van der Waals surface area (Å²) >= 11 is 0. The van der Waals surface area contributed by atoms with Crippen molar-refractivity contribution < 1.29 is 34.2 Å². The second-order valence-electron chi connectivity index (χ2n) is 13.7. The van der Waals surface area contributed by atoms with E-state index >= 15 is 0 Å². The zero-order valence-electron chi connectivity index (χ0n) is 29.1. The van der Waals surface area contributed by atoms with E-state index in [1.807, 2.05) is 0 Å². The fourth-order valence-electron chi connectivity index (χ4n) is 5.85. The molecule has 258 valence electrons. The van der Waals surface area contributed by atoms with E-state index in [1.54, 1.807) is 20.8 Å². The SMILES string of the molecule is CCCCCC/C=C/CCCCCCCCCCCCCC[N+](CCC(C)C(=O)O)(CCC(C)C(=O)O)CCC(C)C(=O)O. The lowest BCUT2D eigenvalue weighted by molar-refractivity contribution is -0.929. The van der Waals surface area contributed by atoms with Crippen molar-refractivity contribution in [3.8, 4) is 0 Å². The van der Waals surface area contributed by atoms with Crippen molar-refractivity contribution in [1.82, 2.24) is 0 Å². The largest absolute Gasteiger partial charge is 0.481 e. The fraction of sp³-hybridized carbons (Fsp3) is 0.865. The molecule has 0 rings (SSSR count). The second kappa shape index (κ2) is 27.4. The molecule has 44 heavy (non-hydrogen) atoms. The average Bonchev–Trinajstić information content (AvgIpc) is 2.99. The summed E-state index contributed by atoms with van der Waals surface area (Å²) in [4.78, 5) is 34.5. The molecule has 7 heteroatoms. The van der Waals surface area contributed by atoms with Crippen LogP contribution >= 0.6 is 0 Å². The molecule has 0 aliphatic carbocycles.